The number of rotatable bonds is 4. The van der Waals surface area contributed by atoms with Gasteiger partial charge in [-0.05, 0) is 40.2 Å². The molecule has 0 aliphatic rings. The first-order chi connectivity index (χ1) is 8.83. The summed E-state index contributed by atoms with van der Waals surface area (Å²) in [6, 6.07) is 0. The Morgan fingerprint density at radius 3 is 2.58 bits per heavy atom. The maximum absolute atomic E-state index is 10.0. The number of thiophene rings is 1. The number of aliphatic hydroxyl groups is 1. The van der Waals surface area contributed by atoms with Gasteiger partial charge in [-0.3, -0.25) is 0 Å². The van der Waals surface area contributed by atoms with Crippen LogP contribution in [0.15, 0.2) is 6.33 Å². The second-order valence-electron chi connectivity index (χ2n) is 5.49. The Hall–Kier alpha value is -1.20. The van der Waals surface area contributed by atoms with Crippen molar-refractivity contribution in [1.82, 2.24) is 9.97 Å². The molecule has 0 radical (unpaired) electrons. The van der Waals surface area contributed by atoms with Crippen molar-refractivity contribution in [2.75, 3.05) is 18.0 Å². The Morgan fingerprint density at radius 2 is 2.00 bits per heavy atom. The topological polar surface area (TPSA) is 49.2 Å². The highest BCUT2D eigenvalue weighted by atomic mass is 32.1. The lowest BCUT2D eigenvalue weighted by Gasteiger charge is -2.29. The summed E-state index contributed by atoms with van der Waals surface area (Å²) in [5.74, 6) is 0.927. The Balaban J connectivity index is 2.54. The molecule has 0 aromatic carbocycles. The van der Waals surface area contributed by atoms with Crippen LogP contribution in [0.5, 0.6) is 0 Å². The minimum Gasteiger partial charge on any atom is -0.389 e. The lowest BCUT2D eigenvalue weighted by molar-refractivity contribution is 0.0875. The summed E-state index contributed by atoms with van der Waals surface area (Å²) in [6.07, 6.45) is 1.61. The molecular formula is C14H21N3OS. The molecule has 0 spiro atoms. The van der Waals surface area contributed by atoms with Crippen LogP contribution in [0.4, 0.5) is 5.82 Å². The average Bonchev–Trinajstić information content (AvgIpc) is 2.61. The second kappa shape index (κ2) is 5.06. The van der Waals surface area contributed by atoms with Crippen LogP contribution in [0.2, 0.25) is 0 Å². The number of hydrogen-bond acceptors (Lipinski definition) is 5. The number of anilines is 1. The predicted molar refractivity (Wildman–Crippen MR) is 81.1 cm³/mol. The van der Waals surface area contributed by atoms with E-state index in [1.165, 1.54) is 10.4 Å². The summed E-state index contributed by atoms with van der Waals surface area (Å²) in [4.78, 5) is 13.2. The van der Waals surface area contributed by atoms with Crippen LogP contribution >= 0.6 is 11.3 Å². The third-order valence-electron chi connectivity index (χ3n) is 3.20. The summed E-state index contributed by atoms with van der Waals surface area (Å²) in [6.45, 7) is 11.3. The Bertz CT molecular complexity index is 586. The van der Waals surface area contributed by atoms with Gasteiger partial charge in [0.05, 0.1) is 11.0 Å². The van der Waals surface area contributed by atoms with Crippen molar-refractivity contribution in [2.24, 2.45) is 0 Å². The molecule has 2 aromatic heterocycles. The van der Waals surface area contributed by atoms with Crippen LogP contribution in [0, 0.1) is 13.8 Å². The molecule has 5 heteroatoms. The molecule has 0 fully saturated rings. The van der Waals surface area contributed by atoms with Crippen molar-refractivity contribution in [1.29, 1.82) is 0 Å². The normalized spacial score (nSPS) is 12.1. The molecule has 0 atom stereocenters. The monoisotopic (exact) mass is 279 g/mol. The molecule has 4 nitrogen and oxygen atoms in total. The van der Waals surface area contributed by atoms with E-state index >= 15 is 0 Å². The first-order valence-electron chi connectivity index (χ1n) is 6.51. The third-order valence-corrected chi connectivity index (χ3v) is 4.32. The van der Waals surface area contributed by atoms with E-state index in [1.807, 2.05) is 13.8 Å². The molecule has 0 saturated carbocycles. The molecular weight excluding hydrogens is 258 g/mol. The zero-order valence-corrected chi connectivity index (χ0v) is 13.0. The number of likely N-dealkylation sites (N-methyl/N-ethyl adjacent to an activating group) is 1. The molecule has 2 aromatic rings. The van der Waals surface area contributed by atoms with Crippen LogP contribution in [-0.4, -0.2) is 33.8 Å². The Kier molecular flexibility index (Phi) is 3.78. The zero-order chi connectivity index (χ0) is 14.2. The summed E-state index contributed by atoms with van der Waals surface area (Å²) in [5.41, 5.74) is 0.497. The second-order valence-corrected chi connectivity index (χ2v) is 6.69. The molecule has 0 aliphatic heterocycles. The number of hydrogen-bond donors (Lipinski definition) is 1. The molecule has 0 unspecified atom stereocenters. The highest BCUT2D eigenvalue weighted by Gasteiger charge is 2.22. The van der Waals surface area contributed by atoms with Crippen molar-refractivity contribution < 1.29 is 5.11 Å². The molecule has 1 N–H and O–H groups in total. The van der Waals surface area contributed by atoms with E-state index in [2.05, 4.69) is 35.6 Å². The molecule has 0 amide bonds. The van der Waals surface area contributed by atoms with E-state index in [9.17, 15) is 5.11 Å². The van der Waals surface area contributed by atoms with Crippen LogP contribution < -0.4 is 4.90 Å². The van der Waals surface area contributed by atoms with E-state index in [4.69, 9.17) is 0 Å². The predicted octanol–water partition coefficient (Wildman–Crippen LogP) is 2.91. The fourth-order valence-corrected chi connectivity index (χ4v) is 3.20. The van der Waals surface area contributed by atoms with Gasteiger partial charge in [-0.15, -0.1) is 11.3 Å². The molecule has 2 heterocycles. The van der Waals surface area contributed by atoms with Gasteiger partial charge in [-0.1, -0.05) is 0 Å². The van der Waals surface area contributed by atoms with E-state index in [-0.39, 0.29) is 0 Å². The standard InChI is InChI=1S/C14H21N3OS/c1-6-17(7-14(4,5)18)12-11-9(2)10(3)19-13(11)16-8-15-12/h8,18H,6-7H2,1-5H3. The summed E-state index contributed by atoms with van der Waals surface area (Å²) in [7, 11) is 0. The first kappa shape index (κ1) is 14.2. The number of nitrogens with zero attached hydrogens (tertiary/aromatic N) is 3. The summed E-state index contributed by atoms with van der Waals surface area (Å²) < 4.78 is 0. The number of fused-ring (bicyclic) bond motifs is 1. The molecule has 0 bridgehead atoms. The van der Waals surface area contributed by atoms with E-state index < -0.39 is 5.60 Å². The highest BCUT2D eigenvalue weighted by Crippen LogP contribution is 2.34. The van der Waals surface area contributed by atoms with Crippen molar-refractivity contribution in [3.63, 3.8) is 0 Å². The van der Waals surface area contributed by atoms with Gasteiger partial charge in [0.2, 0.25) is 0 Å². The van der Waals surface area contributed by atoms with Gasteiger partial charge >= 0.3 is 0 Å². The smallest absolute Gasteiger partial charge is 0.141 e. The largest absolute Gasteiger partial charge is 0.389 e. The fraction of sp³-hybridized carbons (Fsp3) is 0.571. The maximum atomic E-state index is 10.0. The Morgan fingerprint density at radius 1 is 1.32 bits per heavy atom. The lowest BCUT2D eigenvalue weighted by Crippen LogP contribution is -2.39. The van der Waals surface area contributed by atoms with Gasteiger partial charge in [0.1, 0.15) is 17.0 Å². The maximum Gasteiger partial charge on any atom is 0.141 e. The quantitative estimate of drug-likeness (QED) is 0.935. The molecule has 0 saturated heterocycles. The molecule has 19 heavy (non-hydrogen) atoms. The van der Waals surface area contributed by atoms with Crippen LogP contribution in [-0.2, 0) is 0 Å². The van der Waals surface area contributed by atoms with Gasteiger partial charge in [0.15, 0.2) is 0 Å². The van der Waals surface area contributed by atoms with Crippen LogP contribution in [0.25, 0.3) is 10.2 Å². The third kappa shape index (κ3) is 2.87. The van der Waals surface area contributed by atoms with Gasteiger partial charge in [0.25, 0.3) is 0 Å². The average molecular weight is 279 g/mol. The summed E-state index contributed by atoms with van der Waals surface area (Å²) >= 11 is 1.70. The van der Waals surface area contributed by atoms with E-state index in [0.717, 1.165) is 22.6 Å². The zero-order valence-electron chi connectivity index (χ0n) is 12.2. The molecule has 2 rings (SSSR count). The Labute approximate surface area is 118 Å². The minimum atomic E-state index is -0.744. The highest BCUT2D eigenvalue weighted by molar-refractivity contribution is 7.18. The van der Waals surface area contributed by atoms with E-state index in [0.29, 0.717) is 6.54 Å². The minimum absolute atomic E-state index is 0.559. The molecule has 0 aliphatic carbocycles. The van der Waals surface area contributed by atoms with Gasteiger partial charge < -0.3 is 10.0 Å². The van der Waals surface area contributed by atoms with Gasteiger partial charge in [-0.25, -0.2) is 9.97 Å². The van der Waals surface area contributed by atoms with Crippen LogP contribution in [0.3, 0.4) is 0 Å². The molecule has 104 valence electrons. The lowest BCUT2D eigenvalue weighted by atomic mass is 10.1. The van der Waals surface area contributed by atoms with Crippen molar-refractivity contribution in [3.8, 4) is 0 Å². The van der Waals surface area contributed by atoms with E-state index in [1.54, 1.807) is 17.7 Å². The number of aromatic nitrogens is 2. The summed E-state index contributed by atoms with van der Waals surface area (Å²) in [5, 5.41) is 11.2. The van der Waals surface area contributed by atoms with Crippen molar-refractivity contribution in [3.05, 3.63) is 16.8 Å². The SMILES string of the molecule is CCN(CC(C)(C)O)c1ncnc2sc(C)c(C)c12. The van der Waals surface area contributed by atoms with Crippen molar-refractivity contribution >= 4 is 27.4 Å². The first-order valence-corrected chi connectivity index (χ1v) is 7.33. The van der Waals surface area contributed by atoms with Crippen molar-refractivity contribution in [2.45, 2.75) is 40.2 Å². The number of aryl methyl sites for hydroxylation is 2. The van der Waals surface area contributed by atoms with Gasteiger partial charge in [0, 0.05) is 18.0 Å². The van der Waals surface area contributed by atoms with Crippen LogP contribution in [0.1, 0.15) is 31.2 Å². The fourth-order valence-electron chi connectivity index (χ4n) is 2.21. The van der Waals surface area contributed by atoms with Gasteiger partial charge in [-0.2, -0.15) is 0 Å².